The Hall–Kier alpha value is -3.75. The van der Waals surface area contributed by atoms with Crippen LogP contribution in [0.4, 0.5) is 5.69 Å². The van der Waals surface area contributed by atoms with Crippen molar-refractivity contribution in [1.29, 1.82) is 0 Å². The lowest BCUT2D eigenvalue weighted by Crippen LogP contribution is -2.62. The van der Waals surface area contributed by atoms with E-state index >= 15 is 0 Å². The predicted octanol–water partition coefficient (Wildman–Crippen LogP) is 4.00. The van der Waals surface area contributed by atoms with Gasteiger partial charge in [0.15, 0.2) is 0 Å². The summed E-state index contributed by atoms with van der Waals surface area (Å²) >= 11 is 0. The van der Waals surface area contributed by atoms with E-state index in [0.717, 1.165) is 5.56 Å². The number of amides is 3. The molecule has 3 heterocycles. The average Bonchev–Trinajstić information content (AvgIpc) is 3.64. The molecule has 2 bridgehead atoms. The zero-order valence-corrected chi connectivity index (χ0v) is 25.4. The normalized spacial score (nSPS) is 26.6. The third kappa shape index (κ3) is 5.31. The largest absolute Gasteiger partial charge is 0.394 e. The summed E-state index contributed by atoms with van der Waals surface area (Å²) < 4.78 is 6.71. The van der Waals surface area contributed by atoms with Gasteiger partial charge < -0.3 is 24.5 Å². The van der Waals surface area contributed by atoms with Gasteiger partial charge in [0.25, 0.3) is 0 Å². The highest BCUT2D eigenvalue weighted by Gasteiger charge is 2.75. The molecule has 5 rings (SSSR count). The number of likely N-dealkylation sites (tertiary alicyclic amines) is 1. The SMILES string of the molecule is C=CCN(C(=O)[C@@H]1[C@H]2C(=O)N([C@@H](CO)Cc3ccccc3)C(C(=O)N(CC=C)C(C)(C)C)C23CC[C@H]1O3)c1ccccc1. The van der Waals surface area contributed by atoms with Crippen LogP contribution in [0.25, 0.3) is 0 Å². The van der Waals surface area contributed by atoms with E-state index < -0.39 is 41.2 Å². The third-order valence-corrected chi connectivity index (χ3v) is 9.21. The van der Waals surface area contributed by atoms with Crippen LogP contribution in [-0.2, 0) is 25.5 Å². The van der Waals surface area contributed by atoms with Crippen molar-refractivity contribution in [3.05, 3.63) is 91.5 Å². The number of hydrogen-bond donors (Lipinski definition) is 1. The summed E-state index contributed by atoms with van der Waals surface area (Å²) in [5, 5.41) is 10.7. The summed E-state index contributed by atoms with van der Waals surface area (Å²) in [4.78, 5) is 48.7. The van der Waals surface area contributed by atoms with Crippen LogP contribution in [0.5, 0.6) is 0 Å². The van der Waals surface area contributed by atoms with Gasteiger partial charge in [0.1, 0.15) is 11.6 Å². The lowest BCUT2D eigenvalue weighted by Gasteiger charge is -2.43. The van der Waals surface area contributed by atoms with E-state index in [9.17, 15) is 19.5 Å². The fourth-order valence-electron chi connectivity index (χ4n) is 7.39. The molecule has 3 fully saturated rings. The molecule has 2 aromatic rings. The Labute approximate surface area is 254 Å². The van der Waals surface area contributed by atoms with Gasteiger partial charge >= 0.3 is 0 Å². The first-order chi connectivity index (χ1) is 20.6. The molecule has 43 heavy (non-hydrogen) atoms. The molecule has 3 aliphatic rings. The van der Waals surface area contributed by atoms with Crippen molar-refractivity contribution in [2.45, 2.75) is 69.4 Å². The topological polar surface area (TPSA) is 90.4 Å². The number of para-hydroxylation sites is 1. The van der Waals surface area contributed by atoms with Crippen LogP contribution < -0.4 is 4.90 Å². The number of aliphatic hydroxyl groups is 1. The maximum atomic E-state index is 14.7. The Balaban J connectivity index is 1.60. The van der Waals surface area contributed by atoms with Crippen LogP contribution in [0.3, 0.4) is 0 Å². The third-order valence-electron chi connectivity index (χ3n) is 9.21. The zero-order chi connectivity index (χ0) is 30.9. The van der Waals surface area contributed by atoms with Crippen molar-refractivity contribution in [3.8, 4) is 0 Å². The standard InChI is InChI=1S/C35H43N3O5/c1-6-20-36(25-16-12-9-13-17-25)31(40)28-27-18-19-35(43-27)29(28)32(41)38(26(23-39)22-24-14-10-8-11-15-24)30(35)33(42)37(21-7-2)34(3,4)5/h6-17,26-30,39H,1-2,18-23H2,3-5H3/t26-,27-,28+,29+,30?,35?/m1/s1. The molecule has 3 saturated heterocycles. The number of hydrogen-bond acceptors (Lipinski definition) is 5. The van der Waals surface area contributed by atoms with Crippen molar-refractivity contribution in [3.63, 3.8) is 0 Å². The van der Waals surface area contributed by atoms with E-state index in [2.05, 4.69) is 13.2 Å². The maximum Gasteiger partial charge on any atom is 0.249 e. The first-order valence-electron chi connectivity index (χ1n) is 15.1. The summed E-state index contributed by atoms with van der Waals surface area (Å²) in [6, 6.07) is 17.3. The van der Waals surface area contributed by atoms with E-state index in [0.29, 0.717) is 24.9 Å². The molecule has 0 aromatic heterocycles. The first-order valence-corrected chi connectivity index (χ1v) is 15.1. The van der Waals surface area contributed by atoms with E-state index in [1.807, 2.05) is 81.4 Å². The number of rotatable bonds is 11. The lowest BCUT2D eigenvalue weighted by molar-refractivity contribution is -0.154. The number of carbonyl (C=O) groups is 3. The minimum atomic E-state index is -1.18. The van der Waals surface area contributed by atoms with Crippen molar-refractivity contribution in [2.24, 2.45) is 11.8 Å². The molecular weight excluding hydrogens is 542 g/mol. The Morgan fingerprint density at radius 2 is 1.67 bits per heavy atom. The quantitative estimate of drug-likeness (QED) is 0.403. The lowest BCUT2D eigenvalue weighted by atomic mass is 9.70. The Kier molecular flexibility index (Phi) is 8.63. The first kappa shape index (κ1) is 30.7. The Morgan fingerprint density at radius 3 is 2.26 bits per heavy atom. The summed E-state index contributed by atoms with van der Waals surface area (Å²) in [5.74, 6) is -2.40. The average molecular weight is 586 g/mol. The van der Waals surface area contributed by atoms with Gasteiger partial charge in [-0.25, -0.2) is 0 Å². The summed E-state index contributed by atoms with van der Waals surface area (Å²) in [5.41, 5.74) is -0.0953. The number of fused-ring (bicyclic) bond motifs is 1. The van der Waals surface area contributed by atoms with E-state index in [4.69, 9.17) is 4.74 Å². The Bertz CT molecular complexity index is 1360. The molecule has 0 aliphatic carbocycles. The van der Waals surface area contributed by atoms with E-state index in [-0.39, 0.29) is 37.4 Å². The van der Waals surface area contributed by atoms with Gasteiger partial charge in [0.2, 0.25) is 17.7 Å². The molecule has 1 N–H and O–H groups in total. The molecular formula is C35H43N3O5. The second-order valence-corrected chi connectivity index (χ2v) is 12.8. The number of aliphatic hydroxyl groups excluding tert-OH is 1. The highest BCUT2D eigenvalue weighted by Crippen LogP contribution is 2.59. The van der Waals surface area contributed by atoms with Crippen LogP contribution in [0.2, 0.25) is 0 Å². The molecule has 2 aromatic carbocycles. The molecule has 3 amide bonds. The van der Waals surface area contributed by atoms with E-state index in [1.165, 1.54) is 0 Å². The second-order valence-electron chi connectivity index (χ2n) is 12.8. The van der Waals surface area contributed by atoms with E-state index in [1.54, 1.807) is 26.9 Å². The number of anilines is 1. The molecule has 0 radical (unpaired) electrons. The minimum Gasteiger partial charge on any atom is -0.394 e. The molecule has 3 aliphatic heterocycles. The molecule has 8 nitrogen and oxygen atoms in total. The monoisotopic (exact) mass is 585 g/mol. The fourth-order valence-corrected chi connectivity index (χ4v) is 7.39. The number of nitrogens with zero attached hydrogens (tertiary/aromatic N) is 3. The van der Waals surface area contributed by atoms with Crippen molar-refractivity contribution in [2.75, 3.05) is 24.6 Å². The van der Waals surface area contributed by atoms with Gasteiger partial charge in [0.05, 0.1) is 30.6 Å². The smallest absolute Gasteiger partial charge is 0.249 e. The molecule has 8 heteroatoms. The number of ether oxygens (including phenoxy) is 1. The molecule has 228 valence electrons. The van der Waals surface area contributed by atoms with Crippen LogP contribution >= 0.6 is 0 Å². The molecule has 1 spiro atoms. The maximum absolute atomic E-state index is 14.7. The van der Waals surface area contributed by atoms with Crippen molar-refractivity contribution in [1.82, 2.24) is 9.80 Å². The minimum absolute atomic E-state index is 0.216. The summed E-state index contributed by atoms with van der Waals surface area (Å²) in [6.45, 7) is 13.8. The fraction of sp³-hybridized carbons (Fsp3) is 0.457. The van der Waals surface area contributed by atoms with Crippen molar-refractivity contribution >= 4 is 23.4 Å². The predicted molar refractivity (Wildman–Crippen MR) is 166 cm³/mol. The molecule has 0 saturated carbocycles. The molecule has 6 atom stereocenters. The highest BCUT2D eigenvalue weighted by atomic mass is 16.5. The van der Waals surface area contributed by atoms with Gasteiger partial charge in [-0.15, -0.1) is 13.2 Å². The number of carbonyl (C=O) groups excluding carboxylic acids is 3. The summed E-state index contributed by atoms with van der Waals surface area (Å²) in [6.07, 6.45) is 4.27. The van der Waals surface area contributed by atoms with Crippen LogP contribution in [-0.4, -0.2) is 81.7 Å². The van der Waals surface area contributed by atoms with Crippen LogP contribution in [0.15, 0.2) is 86.0 Å². The van der Waals surface area contributed by atoms with Gasteiger partial charge in [0, 0.05) is 24.3 Å². The second kappa shape index (κ2) is 12.1. The zero-order valence-electron chi connectivity index (χ0n) is 25.4. The Morgan fingerprint density at radius 1 is 1.05 bits per heavy atom. The molecule has 2 unspecified atom stereocenters. The van der Waals surface area contributed by atoms with Gasteiger partial charge in [-0.2, -0.15) is 0 Å². The van der Waals surface area contributed by atoms with Gasteiger partial charge in [-0.3, -0.25) is 14.4 Å². The summed E-state index contributed by atoms with van der Waals surface area (Å²) in [7, 11) is 0. The van der Waals surface area contributed by atoms with Crippen LogP contribution in [0.1, 0.15) is 39.2 Å². The number of benzene rings is 2. The van der Waals surface area contributed by atoms with Gasteiger partial charge in [-0.05, 0) is 57.7 Å². The highest BCUT2D eigenvalue weighted by molar-refractivity contribution is 6.03. The van der Waals surface area contributed by atoms with Crippen molar-refractivity contribution < 1.29 is 24.2 Å². The van der Waals surface area contributed by atoms with Gasteiger partial charge in [-0.1, -0.05) is 60.7 Å². The van der Waals surface area contributed by atoms with Crippen LogP contribution in [0, 0.1) is 11.8 Å².